The molecule has 0 bridgehead atoms. The van der Waals surface area contributed by atoms with E-state index in [1.54, 1.807) is 6.07 Å². The molecule has 0 aromatic heterocycles. The smallest absolute Gasteiger partial charge is 0.240 e. The van der Waals surface area contributed by atoms with E-state index in [4.69, 9.17) is 17.3 Å². The van der Waals surface area contributed by atoms with Crippen LogP contribution >= 0.6 is 11.6 Å². The van der Waals surface area contributed by atoms with Gasteiger partial charge in [0.25, 0.3) is 0 Å². The zero-order valence-electron chi connectivity index (χ0n) is 11.2. The van der Waals surface area contributed by atoms with E-state index in [2.05, 4.69) is 4.72 Å². The number of sulfone groups is 1. The number of hydrogen-bond donors (Lipinski definition) is 2. The van der Waals surface area contributed by atoms with Gasteiger partial charge in [0, 0.05) is 17.6 Å². The molecule has 0 spiro atoms. The first kappa shape index (κ1) is 16.7. The van der Waals surface area contributed by atoms with Gasteiger partial charge in [0.1, 0.15) is 9.84 Å². The molecule has 1 aliphatic rings. The van der Waals surface area contributed by atoms with Crippen LogP contribution < -0.4 is 10.5 Å². The Bertz CT molecular complexity index is 718. The highest BCUT2D eigenvalue weighted by molar-refractivity contribution is 7.91. The Morgan fingerprint density at radius 2 is 1.90 bits per heavy atom. The predicted octanol–water partition coefficient (Wildman–Crippen LogP) is 0.654. The standard InChI is InChI=1S/C12H17ClN2O4S2/c13-12-7-11(2-1-9(12)8-14)21(18,19)15-10-3-5-20(16,17)6-4-10/h1-2,7,10,15H,3-6,8,14H2. The summed E-state index contributed by atoms with van der Waals surface area (Å²) in [6, 6.07) is 4.00. The topological polar surface area (TPSA) is 106 Å². The van der Waals surface area contributed by atoms with E-state index in [0.717, 1.165) is 0 Å². The predicted molar refractivity (Wildman–Crippen MR) is 81.3 cm³/mol. The van der Waals surface area contributed by atoms with Gasteiger partial charge < -0.3 is 5.73 Å². The van der Waals surface area contributed by atoms with Crippen LogP contribution in [0.25, 0.3) is 0 Å². The van der Waals surface area contributed by atoms with Crippen LogP contribution in [-0.2, 0) is 26.4 Å². The van der Waals surface area contributed by atoms with Crippen molar-refractivity contribution in [2.75, 3.05) is 11.5 Å². The van der Waals surface area contributed by atoms with Crippen molar-refractivity contribution in [1.29, 1.82) is 0 Å². The molecular weight excluding hydrogens is 336 g/mol. The third-order valence-electron chi connectivity index (χ3n) is 3.43. The minimum Gasteiger partial charge on any atom is -0.326 e. The molecule has 9 heteroatoms. The van der Waals surface area contributed by atoms with Crippen LogP contribution in [0.2, 0.25) is 5.02 Å². The second kappa shape index (κ2) is 6.21. The molecule has 0 aliphatic carbocycles. The number of halogens is 1. The van der Waals surface area contributed by atoms with Crippen molar-refractivity contribution in [2.24, 2.45) is 5.73 Å². The van der Waals surface area contributed by atoms with Crippen LogP contribution in [0.4, 0.5) is 0 Å². The number of benzene rings is 1. The van der Waals surface area contributed by atoms with Crippen LogP contribution in [0, 0.1) is 0 Å². The number of nitrogens with one attached hydrogen (secondary N) is 1. The monoisotopic (exact) mass is 352 g/mol. The van der Waals surface area contributed by atoms with Crippen molar-refractivity contribution in [3.05, 3.63) is 28.8 Å². The summed E-state index contributed by atoms with van der Waals surface area (Å²) in [7, 11) is -6.74. The van der Waals surface area contributed by atoms with Gasteiger partial charge in [0.2, 0.25) is 10.0 Å². The lowest BCUT2D eigenvalue weighted by Gasteiger charge is -2.23. The first-order chi connectivity index (χ1) is 9.73. The Balaban J connectivity index is 2.14. The lowest BCUT2D eigenvalue weighted by atomic mass is 10.2. The van der Waals surface area contributed by atoms with Gasteiger partial charge in [-0.05, 0) is 30.5 Å². The first-order valence-corrected chi connectivity index (χ1v) is 10.1. The van der Waals surface area contributed by atoms with Crippen LogP contribution in [0.1, 0.15) is 18.4 Å². The van der Waals surface area contributed by atoms with Crippen molar-refractivity contribution < 1.29 is 16.8 Å². The Morgan fingerprint density at radius 1 is 1.29 bits per heavy atom. The van der Waals surface area contributed by atoms with Crippen molar-refractivity contribution >= 4 is 31.5 Å². The molecule has 0 radical (unpaired) electrons. The average Bonchev–Trinajstić information content (AvgIpc) is 2.41. The molecule has 1 saturated heterocycles. The quantitative estimate of drug-likeness (QED) is 0.827. The molecule has 21 heavy (non-hydrogen) atoms. The Labute approximate surface area is 129 Å². The minimum absolute atomic E-state index is 0.00700. The van der Waals surface area contributed by atoms with Crippen LogP contribution in [-0.4, -0.2) is 34.4 Å². The Kier molecular flexibility index (Phi) is 4.94. The number of rotatable bonds is 4. The number of hydrogen-bond acceptors (Lipinski definition) is 5. The van der Waals surface area contributed by atoms with Gasteiger partial charge in [0.15, 0.2) is 0 Å². The fraction of sp³-hybridized carbons (Fsp3) is 0.500. The highest BCUT2D eigenvalue weighted by Gasteiger charge is 2.27. The van der Waals surface area contributed by atoms with Gasteiger partial charge in [-0.2, -0.15) is 0 Å². The third kappa shape index (κ3) is 4.17. The summed E-state index contributed by atoms with van der Waals surface area (Å²) in [4.78, 5) is 0.0538. The summed E-state index contributed by atoms with van der Waals surface area (Å²) < 4.78 is 49.7. The highest BCUT2D eigenvalue weighted by Crippen LogP contribution is 2.22. The molecule has 2 rings (SSSR count). The average molecular weight is 353 g/mol. The number of nitrogens with two attached hydrogens (primary N) is 1. The van der Waals surface area contributed by atoms with E-state index >= 15 is 0 Å². The molecule has 0 amide bonds. The lowest BCUT2D eigenvalue weighted by Crippen LogP contribution is -2.40. The Morgan fingerprint density at radius 3 is 2.43 bits per heavy atom. The fourth-order valence-electron chi connectivity index (χ4n) is 2.16. The van der Waals surface area contributed by atoms with Gasteiger partial charge in [0.05, 0.1) is 16.4 Å². The summed E-state index contributed by atoms with van der Waals surface area (Å²) in [5.74, 6) is 0.0140. The SMILES string of the molecule is NCc1ccc(S(=O)(=O)NC2CCS(=O)(=O)CC2)cc1Cl. The molecule has 1 fully saturated rings. The molecule has 1 aliphatic heterocycles. The van der Waals surface area contributed by atoms with Crippen molar-refractivity contribution in [3.8, 4) is 0 Å². The van der Waals surface area contributed by atoms with E-state index in [-0.39, 0.29) is 41.8 Å². The fourth-order valence-corrected chi connectivity index (χ4v) is 5.30. The van der Waals surface area contributed by atoms with Gasteiger partial charge in [-0.1, -0.05) is 17.7 Å². The summed E-state index contributed by atoms with van der Waals surface area (Å²) >= 11 is 5.96. The maximum atomic E-state index is 12.3. The molecular formula is C12H17ClN2O4S2. The van der Waals surface area contributed by atoms with Gasteiger partial charge in [-0.25, -0.2) is 21.6 Å². The molecule has 1 aromatic rings. The normalized spacial score (nSPS) is 19.5. The molecule has 6 nitrogen and oxygen atoms in total. The molecule has 3 N–H and O–H groups in total. The summed E-state index contributed by atoms with van der Waals surface area (Å²) in [5, 5.41) is 0.298. The van der Waals surface area contributed by atoms with E-state index in [0.29, 0.717) is 10.6 Å². The van der Waals surface area contributed by atoms with Gasteiger partial charge in [-0.3, -0.25) is 0 Å². The zero-order chi connectivity index (χ0) is 15.7. The van der Waals surface area contributed by atoms with Crippen molar-refractivity contribution in [3.63, 3.8) is 0 Å². The van der Waals surface area contributed by atoms with Crippen molar-refractivity contribution in [1.82, 2.24) is 4.72 Å². The van der Waals surface area contributed by atoms with E-state index in [9.17, 15) is 16.8 Å². The van der Waals surface area contributed by atoms with Gasteiger partial charge in [-0.15, -0.1) is 0 Å². The van der Waals surface area contributed by atoms with Crippen LogP contribution in [0.5, 0.6) is 0 Å². The maximum Gasteiger partial charge on any atom is 0.240 e. The largest absolute Gasteiger partial charge is 0.326 e. The highest BCUT2D eigenvalue weighted by atomic mass is 35.5. The maximum absolute atomic E-state index is 12.3. The van der Waals surface area contributed by atoms with Crippen LogP contribution in [0.3, 0.4) is 0 Å². The second-order valence-corrected chi connectivity index (χ2v) is 9.43. The zero-order valence-corrected chi connectivity index (χ0v) is 13.6. The molecule has 0 saturated carbocycles. The third-order valence-corrected chi connectivity index (χ3v) is 7.02. The molecule has 1 heterocycles. The first-order valence-electron chi connectivity index (χ1n) is 6.45. The summed E-state index contributed by atoms with van der Waals surface area (Å²) in [5.41, 5.74) is 6.14. The summed E-state index contributed by atoms with van der Waals surface area (Å²) in [6.07, 6.45) is 0.576. The molecule has 0 unspecified atom stereocenters. The lowest BCUT2D eigenvalue weighted by molar-refractivity contribution is 0.505. The van der Waals surface area contributed by atoms with Crippen LogP contribution in [0.15, 0.2) is 23.1 Å². The van der Waals surface area contributed by atoms with E-state index in [1.807, 2.05) is 0 Å². The molecule has 1 aromatic carbocycles. The summed E-state index contributed by atoms with van der Waals surface area (Å²) in [6.45, 7) is 0.229. The van der Waals surface area contributed by atoms with Gasteiger partial charge >= 0.3 is 0 Å². The van der Waals surface area contributed by atoms with E-state index in [1.165, 1.54) is 12.1 Å². The Hall–Kier alpha value is -0.670. The van der Waals surface area contributed by atoms with E-state index < -0.39 is 19.9 Å². The second-order valence-electron chi connectivity index (χ2n) is 5.00. The number of sulfonamides is 1. The van der Waals surface area contributed by atoms with Crippen molar-refractivity contribution in [2.45, 2.75) is 30.3 Å². The minimum atomic E-state index is -3.71. The molecule has 0 atom stereocenters. The molecule has 118 valence electrons.